The minimum Gasteiger partial charge on any atom is -0.462 e. The average molecular weight is 766 g/mol. The molecule has 0 rings (SSSR count). The molecule has 53 heavy (non-hydrogen) atoms. The Bertz CT molecular complexity index is 1180. The maximum Gasteiger partial charge on any atom is 0.472 e. The molecule has 0 aromatic rings. The van der Waals surface area contributed by atoms with Gasteiger partial charge in [0.2, 0.25) is 0 Å². The van der Waals surface area contributed by atoms with E-state index in [1.807, 2.05) is 42.5 Å². The molecule has 4 atom stereocenters. The van der Waals surface area contributed by atoms with Gasteiger partial charge in [-0.3, -0.25) is 18.6 Å². The summed E-state index contributed by atoms with van der Waals surface area (Å²) in [5.74, 6) is -1.04. The second kappa shape index (κ2) is 36.1. The van der Waals surface area contributed by atoms with Gasteiger partial charge in [-0.1, -0.05) is 131 Å². The highest BCUT2D eigenvalue weighted by Gasteiger charge is 2.25. The molecule has 0 aliphatic heterocycles. The molecule has 0 spiro atoms. The number of phosphoric ester groups is 1. The molecule has 0 aliphatic carbocycles. The minimum atomic E-state index is -4.43. The summed E-state index contributed by atoms with van der Waals surface area (Å²) < 4.78 is 32.5. The first-order valence-corrected chi connectivity index (χ1v) is 20.8. The largest absolute Gasteiger partial charge is 0.472 e. The van der Waals surface area contributed by atoms with Gasteiger partial charge in [-0.15, -0.1) is 0 Å². The van der Waals surface area contributed by atoms with Crippen LogP contribution in [-0.4, -0.2) is 71.7 Å². The number of carbonyl (C=O) groups is 2. The monoisotopic (exact) mass is 765 g/mol. The van der Waals surface area contributed by atoms with Crippen molar-refractivity contribution in [2.75, 3.05) is 26.4 Å². The van der Waals surface area contributed by atoms with Crippen LogP contribution in [0.3, 0.4) is 0 Å². The van der Waals surface area contributed by atoms with Crippen molar-refractivity contribution in [3.8, 4) is 0 Å². The van der Waals surface area contributed by atoms with Crippen LogP contribution in [-0.2, 0) is 32.7 Å². The lowest BCUT2D eigenvalue weighted by Crippen LogP contribution is -2.29. The van der Waals surface area contributed by atoms with Crippen LogP contribution in [0.4, 0.5) is 0 Å². The van der Waals surface area contributed by atoms with Gasteiger partial charge in [-0.25, -0.2) is 4.57 Å². The molecule has 302 valence electrons. The van der Waals surface area contributed by atoms with Crippen molar-refractivity contribution in [1.82, 2.24) is 0 Å². The zero-order valence-corrected chi connectivity index (χ0v) is 33.1. The fourth-order valence-corrected chi connectivity index (χ4v) is 5.29. The van der Waals surface area contributed by atoms with E-state index in [9.17, 15) is 29.3 Å². The number of carbonyl (C=O) groups excluding carboxylic acids is 2. The van der Waals surface area contributed by atoms with Crippen molar-refractivity contribution in [1.29, 1.82) is 0 Å². The molecule has 0 aliphatic rings. The van der Waals surface area contributed by atoms with Gasteiger partial charge in [-0.2, -0.15) is 0 Å². The highest BCUT2D eigenvalue weighted by atomic mass is 31.2. The van der Waals surface area contributed by atoms with Gasteiger partial charge >= 0.3 is 19.8 Å². The number of aliphatic hydroxyl groups is 2. The number of allylic oxidation sites excluding steroid dienone is 10. The fourth-order valence-electron chi connectivity index (χ4n) is 4.53. The van der Waals surface area contributed by atoms with Crippen molar-refractivity contribution in [3.63, 3.8) is 0 Å². The van der Waals surface area contributed by atoms with Crippen molar-refractivity contribution < 1.29 is 47.8 Å². The number of esters is 2. The number of hydrogen-bond donors (Lipinski definition) is 4. The highest BCUT2D eigenvalue weighted by Crippen LogP contribution is 2.43. The Hall–Kier alpha value is -2.89. The maximum atomic E-state index is 12.5. The lowest BCUT2D eigenvalue weighted by Gasteiger charge is -2.19. The average Bonchev–Trinajstić information content (AvgIpc) is 3.13. The smallest absolute Gasteiger partial charge is 0.462 e. The summed E-state index contributed by atoms with van der Waals surface area (Å²) in [6.45, 7) is 3.22. The number of hydrogen-bond acceptors (Lipinski definition) is 10. The van der Waals surface area contributed by atoms with Crippen LogP contribution >= 0.6 is 7.82 Å². The van der Waals surface area contributed by atoms with Gasteiger partial charge < -0.3 is 30.3 Å². The van der Waals surface area contributed by atoms with Crippen LogP contribution in [0.2, 0.25) is 0 Å². The normalized spacial score (nSPS) is 15.5. The van der Waals surface area contributed by atoms with Crippen LogP contribution in [0, 0.1) is 0 Å². The molecular formula is C41H68NO10P. The van der Waals surface area contributed by atoms with Crippen LogP contribution in [0.15, 0.2) is 85.1 Å². The molecule has 0 amide bonds. The number of aliphatic hydroxyl groups excluding tert-OH is 2. The van der Waals surface area contributed by atoms with Crippen LogP contribution < -0.4 is 5.73 Å². The molecule has 0 saturated carbocycles. The summed E-state index contributed by atoms with van der Waals surface area (Å²) in [5.41, 5.74) is 5.31. The Kier molecular flexibility index (Phi) is 34.1. The predicted molar refractivity (Wildman–Crippen MR) is 213 cm³/mol. The van der Waals surface area contributed by atoms with Crippen LogP contribution in [0.1, 0.15) is 117 Å². The molecule has 0 fully saturated rings. The molecule has 11 nitrogen and oxygen atoms in total. The van der Waals surface area contributed by atoms with Crippen LogP contribution in [0.5, 0.6) is 0 Å². The van der Waals surface area contributed by atoms with E-state index in [0.29, 0.717) is 32.1 Å². The number of ether oxygens (including phenoxy) is 2. The molecule has 1 unspecified atom stereocenters. The molecule has 0 aromatic heterocycles. The van der Waals surface area contributed by atoms with Gasteiger partial charge in [0.25, 0.3) is 0 Å². The zero-order valence-electron chi connectivity index (χ0n) is 32.2. The molecule has 12 heteroatoms. The Balaban J connectivity index is 4.50. The van der Waals surface area contributed by atoms with Crippen molar-refractivity contribution >= 4 is 19.8 Å². The zero-order chi connectivity index (χ0) is 39.3. The first-order valence-electron chi connectivity index (χ1n) is 19.3. The van der Waals surface area contributed by atoms with E-state index in [2.05, 4.69) is 26.0 Å². The molecule has 0 radical (unpaired) electrons. The topological polar surface area (TPSA) is 175 Å². The van der Waals surface area contributed by atoms with E-state index in [1.165, 1.54) is 12.8 Å². The third-order valence-corrected chi connectivity index (χ3v) is 8.42. The van der Waals surface area contributed by atoms with Crippen molar-refractivity contribution in [3.05, 3.63) is 85.1 Å². The van der Waals surface area contributed by atoms with Crippen molar-refractivity contribution in [2.45, 2.75) is 135 Å². The molecule has 0 bridgehead atoms. The molecular weight excluding hydrogens is 697 g/mol. The molecule has 0 heterocycles. The van der Waals surface area contributed by atoms with E-state index in [1.54, 1.807) is 30.4 Å². The van der Waals surface area contributed by atoms with Gasteiger partial charge in [0.15, 0.2) is 6.10 Å². The van der Waals surface area contributed by atoms with Gasteiger partial charge in [0.05, 0.1) is 25.4 Å². The SMILES string of the molecule is CC/C=C\C[C@@H](O)/C=C/C=C\C/C=C\C=C\[C@@H](O)/C=C\CCCC(=O)OC[C@H](COP(=O)(O)OCCN)OC(=O)CCCCCCC/C=C\CCCC. The first kappa shape index (κ1) is 50.1. The van der Waals surface area contributed by atoms with Crippen molar-refractivity contribution in [2.24, 2.45) is 5.73 Å². The van der Waals surface area contributed by atoms with Gasteiger partial charge in [0, 0.05) is 19.4 Å². The Labute approximate surface area is 319 Å². The molecule has 5 N–H and O–H groups in total. The van der Waals surface area contributed by atoms with Crippen LogP contribution in [0.25, 0.3) is 0 Å². The third-order valence-electron chi connectivity index (χ3n) is 7.44. The minimum absolute atomic E-state index is 0.0182. The lowest BCUT2D eigenvalue weighted by atomic mass is 10.1. The van der Waals surface area contributed by atoms with Gasteiger partial charge in [0.1, 0.15) is 6.61 Å². The Morgan fingerprint density at radius 2 is 1.36 bits per heavy atom. The summed E-state index contributed by atoms with van der Waals surface area (Å²) in [6, 6.07) is 0. The number of rotatable bonds is 34. The Morgan fingerprint density at radius 3 is 2.08 bits per heavy atom. The summed E-state index contributed by atoms with van der Waals surface area (Å²) in [4.78, 5) is 34.7. The summed E-state index contributed by atoms with van der Waals surface area (Å²) >= 11 is 0. The van der Waals surface area contributed by atoms with E-state index in [0.717, 1.165) is 44.9 Å². The molecule has 0 saturated heterocycles. The summed E-state index contributed by atoms with van der Waals surface area (Å²) in [6.07, 6.45) is 37.0. The maximum absolute atomic E-state index is 12.5. The van der Waals surface area contributed by atoms with Gasteiger partial charge in [-0.05, 0) is 57.8 Å². The van der Waals surface area contributed by atoms with E-state index >= 15 is 0 Å². The second-order valence-electron chi connectivity index (χ2n) is 12.5. The number of phosphoric acid groups is 1. The first-order chi connectivity index (χ1) is 25.6. The third kappa shape index (κ3) is 35.9. The standard InChI is InChI=1S/C41H68NO10P/c1-3-5-7-8-9-10-11-12-16-19-25-32-41(46)52-39(36-51-53(47,48)50-34-33-42)35-49-40(45)31-26-20-24-30-38(44)29-23-18-15-13-14-17-22-28-37(43)27-21-6-4-2/h6,8-9,14-15,17-18,21-24,28-30,37-39,43-44H,3-5,7,10-13,16,19-20,25-27,31-36,42H2,1-2H3,(H,47,48)/b9-8-,17-14-,18-15-,21-6-,28-22+,29-23+,30-24-/t37-,38-,39-/m1/s1. The van der Waals surface area contributed by atoms with E-state index in [-0.39, 0.29) is 32.6 Å². The Morgan fingerprint density at radius 1 is 0.698 bits per heavy atom. The summed E-state index contributed by atoms with van der Waals surface area (Å²) in [5, 5.41) is 19.9. The number of nitrogens with two attached hydrogens (primary N) is 1. The molecule has 0 aromatic carbocycles. The van der Waals surface area contributed by atoms with E-state index < -0.39 is 44.7 Å². The second-order valence-corrected chi connectivity index (χ2v) is 13.9. The summed E-state index contributed by atoms with van der Waals surface area (Å²) in [7, 11) is -4.43. The number of unbranched alkanes of at least 4 members (excludes halogenated alkanes) is 8. The highest BCUT2D eigenvalue weighted by molar-refractivity contribution is 7.47. The quantitative estimate of drug-likeness (QED) is 0.0163. The van der Waals surface area contributed by atoms with E-state index in [4.69, 9.17) is 24.3 Å². The fraction of sp³-hybridized carbons (Fsp3) is 0.610. The predicted octanol–water partition coefficient (Wildman–Crippen LogP) is 8.43. The lowest BCUT2D eigenvalue weighted by molar-refractivity contribution is -0.161.